The Kier molecular flexibility index (Phi) is 4.50. The van der Waals surface area contributed by atoms with E-state index in [0.717, 1.165) is 18.2 Å². The topological polar surface area (TPSA) is 60.2 Å². The molecule has 1 fully saturated rings. The van der Waals surface area contributed by atoms with Crippen molar-refractivity contribution < 1.29 is 4.74 Å². The van der Waals surface area contributed by atoms with E-state index < -0.39 is 0 Å². The molecule has 6 nitrogen and oxygen atoms in total. The largest absolute Gasteiger partial charge is 0.372 e. The smallest absolute Gasteiger partial charge is 0.292 e. The summed E-state index contributed by atoms with van der Waals surface area (Å²) in [6.45, 7) is 8.43. The second-order valence-corrected chi connectivity index (χ2v) is 7.89. The third-order valence-corrected chi connectivity index (χ3v) is 5.76. The average Bonchev–Trinajstić information content (AvgIpc) is 3.05. The van der Waals surface area contributed by atoms with E-state index in [9.17, 15) is 4.79 Å². The molecule has 3 heterocycles. The van der Waals surface area contributed by atoms with Crippen molar-refractivity contribution in [1.29, 1.82) is 0 Å². The highest BCUT2D eigenvalue weighted by molar-refractivity contribution is 7.22. The van der Waals surface area contributed by atoms with Crippen molar-refractivity contribution in [3.8, 4) is 0 Å². The van der Waals surface area contributed by atoms with Crippen LogP contribution in [0.25, 0.3) is 10.3 Å². The Morgan fingerprint density at radius 1 is 1.23 bits per heavy atom. The number of benzene rings is 1. The van der Waals surface area contributed by atoms with Gasteiger partial charge in [0.2, 0.25) is 0 Å². The quantitative estimate of drug-likeness (QED) is 0.709. The van der Waals surface area contributed by atoms with Gasteiger partial charge in [-0.3, -0.25) is 4.79 Å². The lowest BCUT2D eigenvalue weighted by atomic mass is 10.1. The molecule has 1 aliphatic heterocycles. The van der Waals surface area contributed by atoms with Crippen molar-refractivity contribution in [2.24, 2.45) is 0 Å². The van der Waals surface area contributed by atoms with Crippen LogP contribution in [0.15, 0.2) is 35.4 Å². The van der Waals surface area contributed by atoms with Gasteiger partial charge in [-0.05, 0) is 31.9 Å². The predicted octanol–water partition coefficient (Wildman–Crippen LogP) is 2.82. The molecule has 0 bridgehead atoms. The minimum absolute atomic E-state index is 0.148. The van der Waals surface area contributed by atoms with Crippen molar-refractivity contribution in [2.75, 3.05) is 18.0 Å². The number of ether oxygens (including phenoxy) is 1. The number of fused-ring (bicyclic) bond motifs is 1. The van der Waals surface area contributed by atoms with Gasteiger partial charge in [0.25, 0.3) is 5.56 Å². The summed E-state index contributed by atoms with van der Waals surface area (Å²) in [6, 6.07) is 8.24. The summed E-state index contributed by atoms with van der Waals surface area (Å²) in [7, 11) is 0. The Bertz CT molecular complexity index is 987. The van der Waals surface area contributed by atoms with Gasteiger partial charge in [0.1, 0.15) is 11.0 Å². The molecule has 0 saturated carbocycles. The van der Waals surface area contributed by atoms with Crippen molar-refractivity contribution in [3.63, 3.8) is 0 Å². The number of anilines is 1. The van der Waals surface area contributed by atoms with Crippen molar-refractivity contribution >= 4 is 26.8 Å². The van der Waals surface area contributed by atoms with Gasteiger partial charge in [0.15, 0.2) is 10.8 Å². The molecule has 0 N–H and O–H groups in total. The Balaban J connectivity index is 1.74. The number of hydrogen-bond donors (Lipinski definition) is 0. The minimum atomic E-state index is -0.209. The maximum Gasteiger partial charge on any atom is 0.292 e. The SMILES string of the molecule is Cc1ccccc1Cn1cnc(=O)c2sc(N3CC(C)OC(C)C3)nc21. The van der Waals surface area contributed by atoms with Gasteiger partial charge >= 0.3 is 0 Å². The first-order valence-electron chi connectivity index (χ1n) is 8.82. The first kappa shape index (κ1) is 17.2. The van der Waals surface area contributed by atoms with Crippen LogP contribution in [0.5, 0.6) is 0 Å². The zero-order valence-electron chi connectivity index (χ0n) is 15.2. The first-order chi connectivity index (χ1) is 12.5. The molecule has 7 heteroatoms. The van der Waals surface area contributed by atoms with E-state index in [1.54, 1.807) is 6.33 Å². The van der Waals surface area contributed by atoms with Crippen LogP contribution in [0.4, 0.5) is 5.13 Å². The van der Waals surface area contributed by atoms with Gasteiger partial charge in [-0.25, -0.2) is 4.98 Å². The molecular weight excluding hydrogens is 348 g/mol. The normalized spacial score (nSPS) is 20.7. The highest BCUT2D eigenvalue weighted by Gasteiger charge is 2.25. The van der Waals surface area contributed by atoms with E-state index in [2.05, 4.69) is 42.8 Å². The number of aryl methyl sites for hydroxylation is 1. The van der Waals surface area contributed by atoms with Gasteiger partial charge in [-0.1, -0.05) is 35.6 Å². The zero-order valence-corrected chi connectivity index (χ0v) is 16.0. The fraction of sp³-hybridized carbons (Fsp3) is 0.421. The molecule has 2 atom stereocenters. The van der Waals surface area contributed by atoms with Crippen molar-refractivity contribution in [2.45, 2.75) is 39.5 Å². The first-order valence-corrected chi connectivity index (χ1v) is 9.64. The summed E-state index contributed by atoms with van der Waals surface area (Å²) in [6.07, 6.45) is 1.90. The van der Waals surface area contributed by atoms with Crippen LogP contribution < -0.4 is 10.5 Å². The summed E-state index contributed by atoms with van der Waals surface area (Å²) >= 11 is 1.43. The monoisotopic (exact) mass is 370 g/mol. The van der Waals surface area contributed by atoms with Crippen LogP contribution in [0.1, 0.15) is 25.0 Å². The Hall–Kier alpha value is -2.25. The van der Waals surface area contributed by atoms with Gasteiger partial charge in [0.05, 0.1) is 18.8 Å². The van der Waals surface area contributed by atoms with E-state index in [0.29, 0.717) is 16.9 Å². The second-order valence-electron chi connectivity index (χ2n) is 6.92. The molecule has 136 valence electrons. The number of rotatable bonds is 3. The molecule has 2 unspecified atom stereocenters. The number of thiazole rings is 1. The molecule has 4 rings (SSSR count). The maximum atomic E-state index is 12.3. The molecule has 0 amide bonds. The number of morpholine rings is 1. The lowest BCUT2D eigenvalue weighted by molar-refractivity contribution is -0.00522. The summed E-state index contributed by atoms with van der Waals surface area (Å²) in [5, 5.41) is 0.866. The van der Waals surface area contributed by atoms with Crippen molar-refractivity contribution in [1.82, 2.24) is 14.5 Å². The summed E-state index contributed by atoms with van der Waals surface area (Å²) in [4.78, 5) is 23.3. The third kappa shape index (κ3) is 3.24. The molecule has 3 aromatic rings. The molecule has 0 radical (unpaired) electrons. The highest BCUT2D eigenvalue weighted by Crippen LogP contribution is 2.29. The van der Waals surface area contributed by atoms with Crippen LogP contribution in [-0.2, 0) is 11.3 Å². The maximum absolute atomic E-state index is 12.3. The van der Waals surface area contributed by atoms with E-state index in [-0.39, 0.29) is 17.8 Å². The van der Waals surface area contributed by atoms with Gasteiger partial charge in [-0.2, -0.15) is 4.98 Å². The molecular formula is C19H22N4O2S. The van der Waals surface area contributed by atoms with Gasteiger partial charge in [0, 0.05) is 13.1 Å². The van der Waals surface area contributed by atoms with Crippen LogP contribution in [-0.4, -0.2) is 39.8 Å². The predicted molar refractivity (Wildman–Crippen MR) is 104 cm³/mol. The second kappa shape index (κ2) is 6.81. The molecule has 1 saturated heterocycles. The Labute approximate surface area is 156 Å². The van der Waals surface area contributed by atoms with Crippen LogP contribution in [0, 0.1) is 6.92 Å². The third-order valence-electron chi connectivity index (χ3n) is 4.67. The fourth-order valence-corrected chi connectivity index (χ4v) is 4.41. The molecule has 2 aromatic heterocycles. The van der Waals surface area contributed by atoms with Gasteiger partial charge < -0.3 is 14.2 Å². The summed E-state index contributed by atoms with van der Waals surface area (Å²) in [5.41, 5.74) is 2.91. The molecule has 0 aliphatic carbocycles. The van der Waals surface area contributed by atoms with Crippen LogP contribution in [0.3, 0.4) is 0 Å². The zero-order chi connectivity index (χ0) is 18.3. The van der Waals surface area contributed by atoms with Crippen LogP contribution in [0.2, 0.25) is 0 Å². The lowest BCUT2D eigenvalue weighted by Gasteiger charge is -2.35. The Morgan fingerprint density at radius 3 is 2.69 bits per heavy atom. The van der Waals surface area contributed by atoms with E-state index in [4.69, 9.17) is 9.72 Å². The van der Waals surface area contributed by atoms with Gasteiger partial charge in [-0.15, -0.1) is 0 Å². The number of aromatic nitrogens is 3. The summed E-state index contributed by atoms with van der Waals surface area (Å²) < 4.78 is 8.39. The summed E-state index contributed by atoms with van der Waals surface area (Å²) in [5.74, 6) is 0. The lowest BCUT2D eigenvalue weighted by Crippen LogP contribution is -2.45. The van der Waals surface area contributed by atoms with E-state index >= 15 is 0 Å². The highest BCUT2D eigenvalue weighted by atomic mass is 32.1. The minimum Gasteiger partial charge on any atom is -0.372 e. The van der Waals surface area contributed by atoms with Crippen LogP contribution >= 0.6 is 11.3 Å². The molecule has 26 heavy (non-hydrogen) atoms. The van der Waals surface area contributed by atoms with E-state index in [1.165, 1.54) is 22.5 Å². The molecule has 0 spiro atoms. The fourth-order valence-electron chi connectivity index (χ4n) is 3.43. The number of hydrogen-bond acceptors (Lipinski definition) is 6. The standard InChI is InChI=1S/C19H22N4O2S/c1-12-6-4-5-7-15(12)10-23-11-20-18(24)16-17(23)21-19(26-16)22-8-13(2)25-14(3)9-22/h4-7,11,13-14H,8-10H2,1-3H3. The van der Waals surface area contributed by atoms with E-state index in [1.807, 2.05) is 16.7 Å². The van der Waals surface area contributed by atoms with Crippen molar-refractivity contribution in [3.05, 3.63) is 52.1 Å². The average molecular weight is 370 g/mol. The molecule has 1 aromatic carbocycles. The number of nitrogens with zero attached hydrogens (tertiary/aromatic N) is 4. The Morgan fingerprint density at radius 2 is 1.96 bits per heavy atom. The molecule has 1 aliphatic rings.